The van der Waals surface area contributed by atoms with E-state index in [9.17, 15) is 69.3 Å². The molecule has 7 fully saturated rings. The maximum Gasteiger partial charge on any atom is 0.185 e. The molecule has 0 bridgehead atoms. The van der Waals surface area contributed by atoms with Crippen molar-refractivity contribution in [2.45, 2.75) is 216 Å². The summed E-state index contributed by atoms with van der Waals surface area (Å²) in [6.45, 7) is 0. The van der Waals surface area contributed by atoms with Crippen LogP contribution in [0.2, 0.25) is 35.2 Å². The predicted octanol–water partition coefficient (Wildman–Crippen LogP) is 11.3. The van der Waals surface area contributed by atoms with E-state index in [0.717, 1.165) is 0 Å². The van der Waals surface area contributed by atoms with Crippen LogP contribution in [0.15, 0.2) is 169 Å². The van der Waals surface area contributed by atoms with Crippen molar-refractivity contribution < 1.29 is 136 Å². The molecule has 0 heterocycles. The van der Waals surface area contributed by atoms with Crippen LogP contribution >= 0.6 is 81.2 Å². The van der Waals surface area contributed by atoms with Crippen LogP contribution in [0, 0.1) is 0 Å². The second-order valence-electron chi connectivity index (χ2n) is 24.7. The number of carbonyl (C=O) groups is 7. The van der Waals surface area contributed by atoms with Crippen molar-refractivity contribution in [1.82, 2.24) is 0 Å². The topological polar surface area (TPSA) is 443 Å². The van der Waals surface area contributed by atoms with Crippen LogP contribution in [0.1, 0.15) is 241 Å². The summed E-state index contributed by atoms with van der Waals surface area (Å²) >= 11 is 41.6. The van der Waals surface area contributed by atoms with E-state index in [1.54, 1.807) is 0 Å². The molecule has 0 amide bonds. The summed E-state index contributed by atoms with van der Waals surface area (Å²) in [7, 11) is 0. The largest absolute Gasteiger partial charge is 0.385 e. The van der Waals surface area contributed by atoms with Gasteiger partial charge in [0.1, 0.15) is 81.4 Å². The quantitative estimate of drug-likeness (QED) is 0.0705. The van der Waals surface area contributed by atoms with Gasteiger partial charge in [-0.25, -0.2) is 0 Å². The number of ketones is 7. The first-order chi connectivity index (χ1) is 72.1. The van der Waals surface area contributed by atoms with Gasteiger partial charge in [0, 0.05) is 59.8 Å². The van der Waals surface area contributed by atoms with Crippen LogP contribution in [0.25, 0.3) is 0 Å². The zero-order valence-electron chi connectivity index (χ0n) is 106. The van der Waals surface area contributed by atoms with Crippen LogP contribution in [0.4, 0.5) is 0 Å². The smallest absolute Gasteiger partial charge is 0.185 e. The first-order valence-corrected chi connectivity index (χ1v) is 34.8. The lowest BCUT2D eigenvalue weighted by Gasteiger charge is -2.35. The molecule has 0 aliphatic heterocycles. The van der Waals surface area contributed by atoms with Gasteiger partial charge in [0.2, 0.25) is 0 Å². The molecule has 0 radical (unpaired) electrons. The van der Waals surface area contributed by atoms with Gasteiger partial charge in [0.25, 0.3) is 0 Å². The zero-order valence-corrected chi connectivity index (χ0v) is 62.8. The first-order valence-electron chi connectivity index (χ1n) is 56.7. The van der Waals surface area contributed by atoms with E-state index in [1.807, 2.05) is 0 Å². The zero-order chi connectivity index (χ0) is 126. The van der Waals surface area contributed by atoms with Gasteiger partial charge < -0.3 is 75.9 Å². The third-order valence-electron chi connectivity index (χ3n) is 17.4. The molecule has 14 unspecified atom stereocenters. The number of halogens is 7. The third-order valence-corrected chi connectivity index (χ3v) is 19.4. The fourth-order valence-corrected chi connectivity index (χ4v) is 13.1. The molecule has 7 aromatic rings. The molecule has 602 valence electrons. The molecule has 28 heteroatoms. The maximum absolute atomic E-state index is 12.6. The molecular weight excluding hydrogens is 1580 g/mol. The Labute approximate surface area is 755 Å². The van der Waals surface area contributed by atoms with Crippen molar-refractivity contribution in [2.24, 2.45) is 40.1 Å². The number of hydrogen-bond donors (Lipinski definition) is 14. The van der Waals surface area contributed by atoms with E-state index in [2.05, 4.69) is 0 Å². The number of aliphatic hydroxyl groups is 7. The van der Waals surface area contributed by atoms with Gasteiger partial charge in [0.15, 0.2) is 40.5 Å². The summed E-state index contributed by atoms with van der Waals surface area (Å²) in [5.41, 5.74) is 22.3. The number of hydrogen-bond acceptors (Lipinski definition) is 21. The lowest BCUT2D eigenvalue weighted by molar-refractivity contribution is -0.136. The molecule has 21 nitrogen and oxygen atoms in total. The summed E-state index contributed by atoms with van der Waals surface area (Å²) in [6.07, 6.45) is -46.3. The van der Waals surface area contributed by atoms with E-state index >= 15 is 0 Å². The Morgan fingerprint density at radius 2 is 0.518 bits per heavy atom. The van der Waals surface area contributed by atoms with Gasteiger partial charge in [-0.3, -0.25) is 33.6 Å². The van der Waals surface area contributed by atoms with Gasteiger partial charge in [0.05, 0.1) is 42.5 Å². The van der Waals surface area contributed by atoms with Crippen LogP contribution in [-0.4, -0.2) is 119 Å². The van der Waals surface area contributed by atoms with Crippen molar-refractivity contribution in [3.63, 3.8) is 0 Å². The molecule has 0 spiro atoms. The Balaban J connectivity index is 0.000000227. The SMILES string of the molecule is [2H]c1c([2H])c([2H])c(C2(N)C(=O)C(O)CCC2([2H])[2H])c(Cl)c1[2H].[2H]c1c([2H])c([2H])c(C2(N)CC([2H])([2H])C([2H])([2H])C(O)C2=O)c(Cl)c1[2H].[2H]c1c([2H])c([2H])c(C2(N)CC([2H])([2H])C([2H])([2H])C([2H])(O)C2=O)c(Cl)c1[2H].[2H]c1c([2H])c([2H])c(C2(N)CC([2H])([2H])CC(O)C2=O)c(Cl)c1[2H].[2H]c1c([2H])c([2H])c(C2(N)CC([2H])([2H])CC([2H])(O)C2=O)c(Cl)c1[2H].[2H]c1c([2H])c([2H])c(C2(N)CCC([2H])([2H])C(O)C2=O)c(Cl)c1[2H].[2H]c1c([2H])c([2H])c(C2(N)CCC([2H])([2H])C([2H])(O)C2=O)c(Cl)c1[2H]. The molecule has 14 atom stereocenters. The van der Waals surface area contributed by atoms with Crippen LogP contribution in [-0.2, 0) is 72.3 Å². The Bertz CT molecular complexity index is 7070. The first kappa shape index (κ1) is 44.3. The minimum absolute atomic E-state index is 0.117. The lowest BCUT2D eigenvalue weighted by atomic mass is 9.75. The number of carbonyl (C=O) groups excluding carboxylic acids is 7. The van der Waals surface area contributed by atoms with Crippen LogP contribution in [0.3, 0.4) is 0 Å². The molecular formula is C84H98Cl7N7O14. The molecule has 0 aromatic heterocycles. The monoisotopic (exact) mass is 1720 g/mol. The fourth-order valence-electron chi connectivity index (χ4n) is 11.2. The molecule has 14 rings (SSSR count). The standard InChI is InChI=1S/7C12H14ClNO2/c7*13-9-5-2-1-4-8(9)12(14)7-3-6-10(15)11(12)16/h7*1-2,4-5,10,15H,3,6-7,14H2/i1D,2D,3D2,4D,5D,6D2,10D;1D,2D,4D,5D,6D2,10D;1D,2D,3D2,4D,5D,10D;1D,2D,3D2,4D,5D,6D2;1D,2D,4D,5D,7D2;1D,2D,4D,5D,6D2;1D,2D,3D2,4D,5D. The average molecular weight is 1730 g/mol. The van der Waals surface area contributed by atoms with E-state index < -0.39 is 456 Å². The minimum Gasteiger partial charge on any atom is -0.385 e. The summed E-state index contributed by atoms with van der Waals surface area (Å²) in [6, 6.07) is -18.1. The average Bonchev–Trinajstić information content (AvgIpc) is 0.689. The lowest BCUT2D eigenvalue weighted by Crippen LogP contribution is -2.52. The number of rotatable bonds is 7. The number of nitrogens with two attached hydrogens (primary N) is 7. The Kier molecular flexibility index (Phi) is 15.7. The number of Topliss-reactive ketones (excluding diaryl/α,β-unsaturated/α-hetero) is 7. The predicted molar refractivity (Wildman–Crippen MR) is 435 cm³/mol. The highest BCUT2D eigenvalue weighted by Gasteiger charge is 2.50. The molecule has 7 aliphatic rings. The Hall–Kier alpha value is -6.30. The van der Waals surface area contributed by atoms with Gasteiger partial charge in [-0.2, -0.15) is 0 Å². The highest BCUT2D eigenvalue weighted by atomic mass is 35.5. The fraction of sp³-hybridized carbons (Fsp3) is 0.417. The molecule has 0 saturated heterocycles. The summed E-state index contributed by atoms with van der Waals surface area (Å²) in [5.74, 6) is -8.59. The van der Waals surface area contributed by atoms with E-state index in [4.69, 9.17) is 189 Å². The summed E-state index contributed by atoms with van der Waals surface area (Å²) in [4.78, 5) is 87.0. The second kappa shape index (κ2) is 39.6. The normalized spacial score (nSPS) is 42.7. The molecule has 7 saturated carbocycles. The van der Waals surface area contributed by atoms with Crippen LogP contribution in [0.5, 0.6) is 0 Å². The van der Waals surface area contributed by atoms with Gasteiger partial charge >= 0.3 is 0 Å². The van der Waals surface area contributed by atoms with Gasteiger partial charge in [-0.05, 0) is 216 Å². The minimum atomic E-state index is -3.59. The molecule has 7 aromatic carbocycles. The van der Waals surface area contributed by atoms with Crippen molar-refractivity contribution in [1.29, 1.82) is 0 Å². The molecule has 112 heavy (non-hydrogen) atoms. The summed E-state index contributed by atoms with van der Waals surface area (Å²) in [5, 5.41) is 65.7. The van der Waals surface area contributed by atoms with Crippen LogP contribution < -0.4 is 40.1 Å². The van der Waals surface area contributed by atoms with Crippen molar-refractivity contribution in [2.75, 3.05) is 0 Å². The highest BCUT2D eigenvalue weighted by molar-refractivity contribution is 6.34. The number of aliphatic hydroxyl groups excluding tert-OH is 4. The van der Waals surface area contributed by atoms with Crippen molar-refractivity contribution >= 4 is 122 Å². The van der Waals surface area contributed by atoms with Crippen molar-refractivity contribution in [3.05, 3.63) is 243 Å². The van der Waals surface area contributed by atoms with Gasteiger partial charge in [-0.15, -0.1) is 0 Å². The maximum atomic E-state index is 12.6. The Morgan fingerprint density at radius 3 is 0.893 bits per heavy atom. The highest BCUT2D eigenvalue weighted by Crippen LogP contribution is 2.43. The molecule has 7 aliphatic carbocycles. The van der Waals surface area contributed by atoms with E-state index in [1.165, 1.54) is 0 Å². The van der Waals surface area contributed by atoms with E-state index in [-0.39, 0.29) is 43.2 Å². The summed E-state index contributed by atoms with van der Waals surface area (Å²) < 4.78 is 378. The Morgan fingerprint density at radius 1 is 0.277 bits per heavy atom. The van der Waals surface area contributed by atoms with Gasteiger partial charge in [-0.1, -0.05) is 208 Å². The second-order valence-corrected chi connectivity index (χ2v) is 27.3. The van der Waals surface area contributed by atoms with Crippen molar-refractivity contribution in [3.8, 4) is 0 Å². The number of benzene rings is 7. The van der Waals surface area contributed by atoms with E-state index in [0.29, 0.717) is 0 Å². The third kappa shape index (κ3) is 20.4. The molecule has 21 N–H and O–H groups in total.